The first-order chi connectivity index (χ1) is 15.1. The van der Waals surface area contributed by atoms with Gasteiger partial charge in [-0.1, -0.05) is 59.4 Å². The van der Waals surface area contributed by atoms with Gasteiger partial charge in [0.2, 0.25) is 5.13 Å². The first-order valence-electron chi connectivity index (χ1n) is 9.61. The molecule has 0 bridgehead atoms. The highest BCUT2D eigenvalue weighted by Gasteiger charge is 2.16. The maximum Gasteiger partial charge on any atom is 0.256 e. The largest absolute Gasteiger partial charge is 0.508 e. The van der Waals surface area contributed by atoms with Crippen LogP contribution >= 0.6 is 11.3 Å². The van der Waals surface area contributed by atoms with E-state index < -0.39 is 0 Å². The summed E-state index contributed by atoms with van der Waals surface area (Å²) in [4.78, 5) is 17.3. The average molecular weight is 429 g/mol. The number of aromatic hydroxyl groups is 1. The number of hydrogen-bond donors (Lipinski definition) is 3. The van der Waals surface area contributed by atoms with E-state index >= 15 is 0 Å². The van der Waals surface area contributed by atoms with E-state index in [2.05, 4.69) is 20.8 Å². The van der Waals surface area contributed by atoms with Gasteiger partial charge < -0.3 is 10.4 Å². The van der Waals surface area contributed by atoms with Crippen LogP contribution in [0.5, 0.6) is 5.75 Å². The molecule has 4 rings (SSSR count). The van der Waals surface area contributed by atoms with E-state index in [4.69, 9.17) is 0 Å². The molecule has 0 fully saturated rings. The van der Waals surface area contributed by atoms with Gasteiger partial charge in [0.15, 0.2) is 0 Å². The van der Waals surface area contributed by atoms with E-state index in [1.54, 1.807) is 42.6 Å². The molecule has 0 spiro atoms. The SMILES string of the molecule is Cc1ccc(-c2nc(NN=Cc3ccc(O)cc3)sc2NC(=O)c2ccccc2)cc1. The second kappa shape index (κ2) is 9.23. The van der Waals surface area contributed by atoms with Gasteiger partial charge in [-0.25, -0.2) is 4.98 Å². The number of nitrogens with zero attached hydrogens (tertiary/aromatic N) is 2. The summed E-state index contributed by atoms with van der Waals surface area (Å²) in [6.45, 7) is 2.02. The van der Waals surface area contributed by atoms with Gasteiger partial charge in [0.05, 0.1) is 6.21 Å². The number of hydrazone groups is 1. The van der Waals surface area contributed by atoms with Crippen molar-refractivity contribution in [2.75, 3.05) is 10.7 Å². The highest BCUT2D eigenvalue weighted by Crippen LogP contribution is 2.36. The second-order valence-corrected chi connectivity index (χ2v) is 7.84. The Labute approximate surface area is 183 Å². The molecule has 4 aromatic rings. The predicted molar refractivity (Wildman–Crippen MR) is 126 cm³/mol. The molecule has 0 radical (unpaired) electrons. The van der Waals surface area contributed by atoms with Crippen LogP contribution in [0, 0.1) is 6.92 Å². The van der Waals surface area contributed by atoms with E-state index in [-0.39, 0.29) is 11.7 Å². The van der Waals surface area contributed by atoms with Crippen molar-refractivity contribution < 1.29 is 9.90 Å². The second-order valence-electron chi connectivity index (χ2n) is 6.84. The lowest BCUT2D eigenvalue weighted by Gasteiger charge is -2.05. The van der Waals surface area contributed by atoms with Crippen LogP contribution in [0.2, 0.25) is 0 Å². The first kappa shape index (κ1) is 20.3. The van der Waals surface area contributed by atoms with Crippen LogP contribution in [0.1, 0.15) is 21.5 Å². The van der Waals surface area contributed by atoms with Gasteiger partial charge in [-0.3, -0.25) is 10.2 Å². The highest BCUT2D eigenvalue weighted by atomic mass is 32.1. The van der Waals surface area contributed by atoms with Crippen LogP contribution in [0.3, 0.4) is 0 Å². The smallest absolute Gasteiger partial charge is 0.256 e. The van der Waals surface area contributed by atoms with Crippen LogP contribution in [0.15, 0.2) is 84.0 Å². The highest BCUT2D eigenvalue weighted by molar-refractivity contribution is 7.20. The third-order valence-corrected chi connectivity index (χ3v) is 5.36. The third-order valence-electron chi connectivity index (χ3n) is 4.48. The summed E-state index contributed by atoms with van der Waals surface area (Å²) in [5, 5.41) is 17.8. The fourth-order valence-corrected chi connectivity index (χ4v) is 3.68. The number of aryl methyl sites for hydroxylation is 1. The Balaban J connectivity index is 1.59. The maximum absolute atomic E-state index is 12.7. The Kier molecular flexibility index (Phi) is 6.05. The number of carbonyl (C=O) groups is 1. The predicted octanol–water partition coefficient (Wildman–Crippen LogP) is 5.52. The molecule has 0 unspecified atom stereocenters. The molecule has 3 N–H and O–H groups in total. The number of aromatic nitrogens is 1. The van der Waals surface area contributed by atoms with E-state index in [1.165, 1.54) is 11.3 Å². The Morgan fingerprint density at radius 2 is 1.71 bits per heavy atom. The van der Waals surface area contributed by atoms with Gasteiger partial charge in [-0.05, 0) is 48.9 Å². The molecule has 1 heterocycles. The lowest BCUT2D eigenvalue weighted by atomic mass is 10.1. The number of thiazole rings is 1. The molecule has 0 aliphatic heterocycles. The number of hydrogen-bond acceptors (Lipinski definition) is 6. The van der Waals surface area contributed by atoms with Crippen molar-refractivity contribution in [1.82, 2.24) is 4.98 Å². The van der Waals surface area contributed by atoms with Crippen LogP contribution in [0.25, 0.3) is 11.3 Å². The lowest BCUT2D eigenvalue weighted by molar-refractivity contribution is 0.102. The van der Waals surface area contributed by atoms with Gasteiger partial charge in [0.1, 0.15) is 16.4 Å². The van der Waals surface area contributed by atoms with Crippen LogP contribution in [-0.2, 0) is 0 Å². The topological polar surface area (TPSA) is 86.6 Å². The van der Waals surface area contributed by atoms with Crippen LogP contribution < -0.4 is 10.7 Å². The number of phenols is 1. The molecule has 7 heteroatoms. The molecule has 0 aliphatic rings. The fourth-order valence-electron chi connectivity index (χ4n) is 2.85. The van der Waals surface area contributed by atoms with Gasteiger partial charge >= 0.3 is 0 Å². The fraction of sp³-hybridized carbons (Fsp3) is 0.0417. The van der Waals surface area contributed by atoms with Crippen molar-refractivity contribution in [2.24, 2.45) is 5.10 Å². The van der Waals surface area contributed by atoms with E-state index in [0.29, 0.717) is 21.4 Å². The molecule has 0 atom stereocenters. The summed E-state index contributed by atoms with van der Waals surface area (Å²) >= 11 is 1.31. The molecule has 3 aromatic carbocycles. The van der Waals surface area contributed by atoms with Crippen molar-refractivity contribution in [3.05, 3.63) is 95.6 Å². The van der Waals surface area contributed by atoms with Gasteiger partial charge in [0.25, 0.3) is 5.91 Å². The Morgan fingerprint density at radius 1 is 1.00 bits per heavy atom. The first-order valence-corrected chi connectivity index (χ1v) is 10.4. The van der Waals surface area contributed by atoms with Crippen molar-refractivity contribution in [3.63, 3.8) is 0 Å². The zero-order valence-electron chi connectivity index (χ0n) is 16.7. The number of benzene rings is 3. The number of amides is 1. The van der Waals surface area contributed by atoms with E-state index in [0.717, 1.165) is 16.7 Å². The molecule has 0 saturated carbocycles. The summed E-state index contributed by atoms with van der Waals surface area (Å²) in [7, 11) is 0. The van der Waals surface area contributed by atoms with Gasteiger partial charge in [-0.2, -0.15) is 5.10 Å². The quantitative estimate of drug-likeness (QED) is 0.279. The maximum atomic E-state index is 12.7. The van der Waals surface area contributed by atoms with E-state index in [9.17, 15) is 9.90 Å². The van der Waals surface area contributed by atoms with Crippen LogP contribution in [-0.4, -0.2) is 22.2 Å². The minimum atomic E-state index is -0.197. The summed E-state index contributed by atoms with van der Waals surface area (Å²) in [5.41, 5.74) is 7.06. The van der Waals surface area contributed by atoms with Gasteiger partial charge in [-0.15, -0.1) is 0 Å². The molecule has 31 heavy (non-hydrogen) atoms. The molecule has 1 aromatic heterocycles. The molecule has 1 amide bonds. The molecule has 154 valence electrons. The van der Waals surface area contributed by atoms with Crippen molar-refractivity contribution >= 4 is 33.6 Å². The van der Waals surface area contributed by atoms with Crippen molar-refractivity contribution in [3.8, 4) is 17.0 Å². The lowest BCUT2D eigenvalue weighted by Crippen LogP contribution is -2.11. The average Bonchev–Trinajstić information content (AvgIpc) is 3.18. The number of nitrogens with one attached hydrogen (secondary N) is 2. The normalized spacial score (nSPS) is 10.9. The third kappa shape index (κ3) is 5.15. The Morgan fingerprint density at radius 3 is 2.42 bits per heavy atom. The Hall–Kier alpha value is -3.97. The molecule has 0 aliphatic carbocycles. The minimum Gasteiger partial charge on any atom is -0.508 e. The van der Waals surface area contributed by atoms with Crippen molar-refractivity contribution in [1.29, 1.82) is 0 Å². The van der Waals surface area contributed by atoms with Gasteiger partial charge in [0, 0.05) is 11.1 Å². The minimum absolute atomic E-state index is 0.197. The molecule has 6 nitrogen and oxygen atoms in total. The molecular formula is C24H20N4O2S. The number of carbonyl (C=O) groups excluding carboxylic acids is 1. The van der Waals surface area contributed by atoms with E-state index in [1.807, 2.05) is 49.4 Å². The standard InChI is InChI=1S/C24H20N4O2S/c1-16-7-11-18(12-8-16)21-23(27-22(30)19-5-3-2-4-6-19)31-24(26-21)28-25-15-17-9-13-20(29)14-10-17/h2-15,29H,1H3,(H,26,28)(H,27,30). The summed E-state index contributed by atoms with van der Waals surface area (Å²) in [6, 6.07) is 23.7. The molecular weight excluding hydrogens is 408 g/mol. The summed E-state index contributed by atoms with van der Waals surface area (Å²) in [5.74, 6) is 0.00308. The summed E-state index contributed by atoms with van der Waals surface area (Å²) < 4.78 is 0. The number of rotatable bonds is 6. The van der Waals surface area contributed by atoms with Crippen molar-refractivity contribution in [2.45, 2.75) is 6.92 Å². The zero-order valence-corrected chi connectivity index (χ0v) is 17.6. The summed E-state index contributed by atoms with van der Waals surface area (Å²) in [6.07, 6.45) is 1.63. The van der Waals surface area contributed by atoms with Crippen LogP contribution in [0.4, 0.5) is 10.1 Å². The zero-order chi connectivity index (χ0) is 21.6. The Bertz CT molecular complexity index is 1200. The number of anilines is 2. The monoisotopic (exact) mass is 428 g/mol. The number of phenolic OH excluding ortho intramolecular Hbond substituents is 1. The molecule has 0 saturated heterocycles.